The largest absolute Gasteiger partial charge is 3.00 e. The van der Waals surface area contributed by atoms with Crippen LogP contribution < -0.4 is 46.0 Å². The molecule has 0 aliphatic rings. The van der Waals surface area contributed by atoms with Crippen LogP contribution in [0.1, 0.15) is 57.4 Å². The molecule has 0 saturated heterocycles. The van der Waals surface area contributed by atoms with Gasteiger partial charge in [-0.2, -0.15) is 0 Å². The number of carboxylic acid groups (broad SMARTS) is 5. The first-order valence-electron chi connectivity index (χ1n) is 14.7. The van der Waals surface area contributed by atoms with Crippen molar-refractivity contribution in [3.63, 3.8) is 0 Å². The average Bonchev–Trinajstić information content (AvgIpc) is 3.13. The third kappa shape index (κ3) is 117. The Hall–Kier alpha value is -2.88. The Labute approximate surface area is 420 Å². The van der Waals surface area contributed by atoms with Crippen molar-refractivity contribution in [2.75, 3.05) is 5.34 Å². The monoisotopic (exact) mass is 1170 g/mol. The summed E-state index contributed by atoms with van der Waals surface area (Å²) in [5, 5.41) is 84.9. The molecule has 0 aliphatic heterocycles. The number of carbonyl (C=O) groups is 5. The van der Waals surface area contributed by atoms with E-state index in [0.29, 0.717) is 22.8 Å². The third-order valence-electron chi connectivity index (χ3n) is 3.50. The molecule has 346 valence electrons. The molecule has 0 unspecified atom stereocenters. The number of aliphatic carboxylic acids is 5. The maximum Gasteiger partial charge on any atom is 3.00 e. The van der Waals surface area contributed by atoms with Crippen LogP contribution in [-0.4, -0.2) is 55.1 Å². The van der Waals surface area contributed by atoms with Crippen LogP contribution in [0.5, 0.6) is 0 Å². The van der Waals surface area contributed by atoms with Gasteiger partial charge in [-0.05, 0) is 83.1 Å². The number of aromatic nitrogens is 4. The number of hydrogen-bond acceptors (Lipinski definition) is 18. The second kappa shape index (κ2) is 70.7. The molecule has 0 atom stereocenters. The molecule has 0 fully saturated rings. The minimum absolute atomic E-state index is 0. The predicted molar refractivity (Wildman–Crippen MR) is 187 cm³/mol. The molecule has 4 heterocycles. The molecule has 0 aromatic carbocycles. The van der Waals surface area contributed by atoms with Gasteiger partial charge in [-0.25, -0.2) is 0 Å². The molecule has 3 N–H and O–H groups in total. The van der Waals surface area contributed by atoms with Gasteiger partial charge in [0.25, 0.3) is 0 Å². The SMILES string of the molecule is CC(=O)[O-].CC(=O)[O-].CC(=O)[O-].CC(=O)[O-].CC(=O)[O-].ClCCl.[Co+2].[Co+2].[Co+3].[Dy].[O-]Cc1ccccn1.[O-]Cc1ccccn1.[O-]Cc1ccccn1.[O-]Cc1ccccn1.[OH3+]. The minimum atomic E-state index is -1.08. The molecular formula is C35H44Cl2Co3DyN4O15-. The van der Waals surface area contributed by atoms with Crippen molar-refractivity contribution < 1.29 is 164 Å². The van der Waals surface area contributed by atoms with E-state index < -0.39 is 29.8 Å². The second-order valence-corrected chi connectivity index (χ2v) is 9.23. The van der Waals surface area contributed by atoms with Gasteiger partial charge < -0.3 is 75.4 Å². The van der Waals surface area contributed by atoms with E-state index in [1.54, 1.807) is 97.6 Å². The van der Waals surface area contributed by atoms with E-state index in [1.807, 2.05) is 0 Å². The molecular weight excluding hydrogens is 1130 g/mol. The molecule has 0 bridgehead atoms. The molecule has 0 aliphatic carbocycles. The number of carbonyl (C=O) groups excluding carboxylic acids is 5. The summed E-state index contributed by atoms with van der Waals surface area (Å²) in [6, 6.07) is 21.2. The van der Waals surface area contributed by atoms with Crippen molar-refractivity contribution in [2.24, 2.45) is 0 Å². The van der Waals surface area contributed by atoms with Crippen molar-refractivity contribution in [1.29, 1.82) is 0 Å². The Kier molecular flexibility index (Phi) is 99.6. The Morgan fingerprint density at radius 3 is 0.600 bits per heavy atom. The Balaban J connectivity index is -0.0000000500. The first kappa shape index (κ1) is 84.6. The summed E-state index contributed by atoms with van der Waals surface area (Å²) < 4.78 is 0. The number of hydrogen-bond donors (Lipinski definition) is 0. The van der Waals surface area contributed by atoms with E-state index >= 15 is 0 Å². The molecule has 25 heteroatoms. The summed E-state index contributed by atoms with van der Waals surface area (Å²) in [5.74, 6) is -5.42. The predicted octanol–water partition coefficient (Wildman–Crippen LogP) is -5.96. The zero-order chi connectivity index (χ0) is 43.9. The van der Waals surface area contributed by atoms with E-state index in [9.17, 15) is 20.4 Å². The van der Waals surface area contributed by atoms with Gasteiger partial charge in [0.1, 0.15) is 0 Å². The van der Waals surface area contributed by atoms with E-state index in [4.69, 9.17) is 72.7 Å². The van der Waals surface area contributed by atoms with Gasteiger partial charge in [0.05, 0.1) is 5.34 Å². The van der Waals surface area contributed by atoms with Crippen molar-refractivity contribution >= 4 is 53.0 Å². The maximum absolute atomic E-state index is 10.1. The van der Waals surface area contributed by atoms with Crippen LogP contribution >= 0.6 is 23.2 Å². The van der Waals surface area contributed by atoms with Gasteiger partial charge in [-0.1, -0.05) is 50.7 Å². The van der Waals surface area contributed by atoms with Gasteiger partial charge in [0.2, 0.25) is 0 Å². The zero-order valence-corrected chi connectivity index (χ0v) is 39.1. The normalized spacial score (nSPS) is 7.25. The number of alkyl halides is 2. The standard InChI is InChI=1S/4C6H6NO.5C2H4O2.CH2Cl2.3Co.Dy.H2O/c4*8-5-6-3-1-2-4-7-6;5*1-2(3)4;2-1-3;;;;;/h4*1-4H,5H2;5*1H3,(H,3,4);1H2;;;;;1H2/q4*-1;;;;;;;2*+2;+3;;/p-4. The molecule has 4 aromatic rings. The summed E-state index contributed by atoms with van der Waals surface area (Å²) in [7, 11) is 0. The Bertz CT molecular complexity index is 1210. The third-order valence-corrected chi connectivity index (χ3v) is 3.50. The van der Waals surface area contributed by atoms with Gasteiger partial charge >= 0.3 is 50.3 Å². The Morgan fingerprint density at radius 1 is 0.433 bits per heavy atom. The fourth-order valence-corrected chi connectivity index (χ4v) is 1.93. The van der Waals surface area contributed by atoms with Crippen molar-refractivity contribution in [2.45, 2.75) is 61.0 Å². The fraction of sp³-hybridized carbons (Fsp3) is 0.286. The first-order valence-corrected chi connectivity index (χ1v) is 15.8. The molecule has 19 nitrogen and oxygen atoms in total. The van der Waals surface area contributed by atoms with Gasteiger partial charge in [0, 0.05) is 116 Å². The van der Waals surface area contributed by atoms with Crippen LogP contribution in [0.15, 0.2) is 97.6 Å². The summed E-state index contributed by atoms with van der Waals surface area (Å²) >= 11 is 9.53. The molecule has 2 radical (unpaired) electrons. The maximum atomic E-state index is 10.1. The molecule has 0 amide bonds. The number of nitrogens with zero attached hydrogens (tertiary/aromatic N) is 4. The summed E-state index contributed by atoms with van der Waals surface area (Å²) in [5.41, 5.74) is 2.42. The molecule has 60 heavy (non-hydrogen) atoms. The fourth-order valence-electron chi connectivity index (χ4n) is 1.93. The van der Waals surface area contributed by atoms with E-state index in [0.717, 1.165) is 34.6 Å². The van der Waals surface area contributed by atoms with Crippen LogP contribution in [0.4, 0.5) is 0 Å². The van der Waals surface area contributed by atoms with Gasteiger partial charge in [-0.15, -0.1) is 23.2 Å². The number of halogens is 2. The minimum Gasteiger partial charge on any atom is -0.850 e. The zero-order valence-electron chi connectivity index (χ0n) is 32.4. The number of pyridine rings is 4. The van der Waals surface area contributed by atoms with Crippen LogP contribution in [0.2, 0.25) is 0 Å². The van der Waals surface area contributed by atoms with Crippen LogP contribution in [-0.2, 0) is 106 Å². The van der Waals surface area contributed by atoms with Crippen molar-refractivity contribution in [1.82, 2.24) is 19.9 Å². The van der Waals surface area contributed by atoms with Crippen LogP contribution in [0, 0.1) is 38.2 Å². The number of rotatable bonds is 4. The van der Waals surface area contributed by atoms with Crippen LogP contribution in [0.25, 0.3) is 0 Å². The second-order valence-electron chi connectivity index (χ2n) is 8.42. The summed E-state index contributed by atoms with van der Waals surface area (Å²) in [6.45, 7) is 3.98. The Morgan fingerprint density at radius 2 is 0.550 bits per heavy atom. The smallest absolute Gasteiger partial charge is 0.850 e. The number of carboxylic acids is 5. The van der Waals surface area contributed by atoms with Crippen LogP contribution in [0.3, 0.4) is 0 Å². The van der Waals surface area contributed by atoms with E-state index in [2.05, 4.69) is 19.9 Å². The van der Waals surface area contributed by atoms with E-state index in [1.165, 1.54) is 0 Å². The topological polar surface area (TPSA) is 377 Å². The van der Waals surface area contributed by atoms with E-state index in [-0.39, 0.29) is 126 Å². The van der Waals surface area contributed by atoms with Gasteiger partial charge in [-0.3, -0.25) is 19.9 Å². The molecule has 0 saturated carbocycles. The molecule has 0 spiro atoms. The van der Waals surface area contributed by atoms with Crippen molar-refractivity contribution in [3.8, 4) is 0 Å². The van der Waals surface area contributed by atoms with Gasteiger partial charge in [0.15, 0.2) is 0 Å². The van der Waals surface area contributed by atoms with Crippen molar-refractivity contribution in [3.05, 3.63) is 120 Å². The summed E-state index contributed by atoms with van der Waals surface area (Å²) in [6.07, 6.45) is 6.47. The quantitative estimate of drug-likeness (QED) is 0.136. The first-order chi connectivity index (χ1) is 25.8. The molecule has 4 rings (SSSR count). The average molecular weight is 1170 g/mol. The molecule has 4 aromatic heterocycles. The summed E-state index contributed by atoms with van der Waals surface area (Å²) in [4.78, 5) is 59.6.